The van der Waals surface area contributed by atoms with Gasteiger partial charge in [0, 0.05) is 5.02 Å². The standard InChI is InChI=1S/C90H70B2F30N4Se2.C6H5Cl.C6H14/c1-31(2)39-21-17-22-40(32(3)4)85(39)123-29-47(91(49-55(93)67(105)79(117)68(106)56(49)94,50-57(95)69(107)80(118)70(108)58(50)96)51-59(97)71(109)81(119)72(110)60(51)98)125(87-43(35(9)10)25-19-26-44(87)36(11)12)89(123)127-128-90-124(86-41(33(5)6)23-18-24-42(86)34(7)8)30-48(126(90)88-45(37(13)14)27-20-28-46(88)38(15)16)92(52-61(99)73(111)82(120)74(112)62(52)100,53-63(101)75(113)83(121)76(114)64(53)102)54-65(103)77(115)84(122)78(116)66(54)104;7-6-4-2-1-3-5-6;1-3-5-6-4-2/h17-38H,1-16H3;1-5H;3-6H2,1-2H3. The summed E-state index contributed by atoms with van der Waals surface area (Å²) in [5.74, 6) is -111. The van der Waals surface area contributed by atoms with Crippen molar-refractivity contribution in [2.24, 2.45) is 0 Å². The molecule has 0 aliphatic carbocycles. The molecule has 11 aromatic carbocycles. The van der Waals surface area contributed by atoms with Crippen molar-refractivity contribution in [1.29, 1.82) is 0 Å². The van der Waals surface area contributed by atoms with E-state index in [9.17, 15) is 0 Å². The van der Waals surface area contributed by atoms with E-state index in [0.29, 0.717) is 21.5 Å². The van der Waals surface area contributed by atoms with E-state index in [0.717, 1.165) is 14.2 Å². The zero-order valence-electron chi connectivity index (χ0n) is 78.4. The number of unbranched alkanes of at least 4 members (excludes halogenated alkanes) is 3. The Bertz CT molecular complexity index is 6030. The van der Waals surface area contributed by atoms with E-state index in [4.69, 9.17) is 11.6 Å². The molecule has 4 nitrogen and oxygen atoms in total. The molecule has 752 valence electrons. The topological polar surface area (TPSA) is 17.6 Å². The number of para-hydroxylation sites is 4. The molecule has 0 fully saturated rings. The van der Waals surface area contributed by atoms with Gasteiger partial charge in [-0.15, -0.1) is 0 Å². The van der Waals surface area contributed by atoms with Gasteiger partial charge in [0.25, 0.3) is 0 Å². The maximum atomic E-state index is 18.7. The number of hydrogen-bond acceptors (Lipinski definition) is 0. The van der Waals surface area contributed by atoms with Crippen LogP contribution < -0.4 is 62.5 Å². The van der Waals surface area contributed by atoms with Gasteiger partial charge in [0.1, 0.15) is 0 Å². The molecule has 0 N–H and O–H groups in total. The second-order valence-electron chi connectivity index (χ2n) is 36.3. The first kappa shape index (κ1) is 111. The molecule has 2 aromatic heterocycles. The van der Waals surface area contributed by atoms with Gasteiger partial charge in [-0.3, -0.25) is 0 Å². The van der Waals surface area contributed by atoms with E-state index in [-0.39, 0.29) is 44.5 Å². The van der Waals surface area contributed by atoms with E-state index >= 15 is 132 Å². The molecule has 0 saturated heterocycles. The van der Waals surface area contributed by atoms with Crippen molar-refractivity contribution in [1.82, 2.24) is 9.13 Å². The molecule has 13 aromatic rings. The molecule has 0 bridgehead atoms. The van der Waals surface area contributed by atoms with Gasteiger partial charge in [0.2, 0.25) is 0 Å². The Labute approximate surface area is 808 Å². The van der Waals surface area contributed by atoms with Gasteiger partial charge in [0.05, 0.1) is 0 Å². The number of imidazole rings is 2. The Morgan fingerprint density at radius 1 is 0.262 bits per heavy atom. The summed E-state index contributed by atoms with van der Waals surface area (Å²) in [5, 5.41) is 0.794. The number of benzene rings is 11. The third-order valence-electron chi connectivity index (χ3n) is 25.0. The summed E-state index contributed by atoms with van der Waals surface area (Å²) in [6.07, 6.45) is -7.86. The van der Waals surface area contributed by atoms with Crippen LogP contribution in [0.2, 0.25) is 5.02 Å². The second-order valence-corrected chi connectivity index (χ2v) is 42.6. The number of hydrogen-bond donors (Lipinski definition) is 0. The minimum atomic E-state index is -7.00. The van der Waals surface area contributed by atoms with Crippen molar-refractivity contribution >= 4 is 104 Å². The monoisotopic (exact) mass is 2160 g/mol. The predicted octanol–water partition coefficient (Wildman–Crippen LogP) is 23.9. The maximum absolute atomic E-state index is 18.7. The molecular formula is C102H89B2ClF30N4Se2. The van der Waals surface area contributed by atoms with Crippen LogP contribution in [0.5, 0.6) is 0 Å². The van der Waals surface area contributed by atoms with Crippen LogP contribution in [-0.2, 0) is 0 Å². The van der Waals surface area contributed by atoms with Gasteiger partial charge in [0.15, 0.2) is 0 Å². The van der Waals surface area contributed by atoms with E-state index in [2.05, 4.69) is 13.8 Å². The minimum Gasteiger partial charge on any atom is -0.0843 e. The fourth-order valence-corrected chi connectivity index (χ4v) is 25.9. The average molecular weight is 2160 g/mol. The van der Waals surface area contributed by atoms with Crippen LogP contribution >= 0.6 is 11.6 Å². The summed E-state index contributed by atoms with van der Waals surface area (Å²) in [6.45, 7) is 26.9. The van der Waals surface area contributed by atoms with Crippen molar-refractivity contribution in [3.63, 3.8) is 0 Å². The molecule has 0 aliphatic rings. The molecular weight excluding hydrogens is 2070 g/mol. The van der Waals surface area contributed by atoms with Crippen LogP contribution in [0.15, 0.2) is 116 Å². The second kappa shape index (κ2) is 43.4. The van der Waals surface area contributed by atoms with E-state index in [1.807, 2.05) is 30.3 Å². The SMILES string of the molecule is CC(C)c1cccc(C(C)C)c1-n1cc([B-](c2c(F)c(F)c(F)c(F)c2F)(c2c(F)c(F)c(F)c(F)c2F)c2c(F)c(F)c(F)c(F)c2F)[n+](-c2c(C(C)C)cccc2C(C)C)c1[Se][Se]c1n(-c2c(C(C)C)cccc2C(C)C)c([B-](c2c(F)c(F)c(F)c(F)c2F)(c2c(F)c(F)c(F)c(F)c2F)c2c(F)c(F)c(F)c(F)c2F)c[n+]1-c1c(C(C)C)cccc1C(C)C.CCCCCC.Clc1ccccc1. The zero-order valence-corrected chi connectivity index (χ0v) is 82.6. The number of halogens is 31. The first-order valence-corrected chi connectivity index (χ1v) is 50.8. The Kier molecular flexibility index (Phi) is 34.0. The van der Waals surface area contributed by atoms with E-state index in [1.165, 1.54) is 209 Å². The Balaban J connectivity index is 0.00000136. The van der Waals surface area contributed by atoms with Crippen molar-refractivity contribution in [2.75, 3.05) is 0 Å². The molecule has 0 radical (unpaired) electrons. The molecule has 0 amide bonds. The minimum absolute atomic E-state index is 0.0565. The van der Waals surface area contributed by atoms with E-state index in [1.54, 1.807) is 0 Å². The largest absolute Gasteiger partial charge is 0.0843 e. The Morgan fingerprint density at radius 2 is 0.482 bits per heavy atom. The molecule has 0 aliphatic heterocycles. The molecule has 39 heteroatoms. The van der Waals surface area contributed by atoms with Gasteiger partial charge < -0.3 is 0 Å². The first-order valence-electron chi connectivity index (χ1n) is 44.4. The molecule has 0 saturated carbocycles. The summed E-state index contributed by atoms with van der Waals surface area (Å²) in [4.78, 5) is 0. The molecule has 13 rings (SSSR count). The molecule has 0 atom stereocenters. The van der Waals surface area contributed by atoms with E-state index < -0.39 is 337 Å². The summed E-state index contributed by atoms with van der Waals surface area (Å²) in [6, 6.07) is 24.7. The van der Waals surface area contributed by atoms with Crippen molar-refractivity contribution in [2.45, 2.75) is 198 Å². The van der Waals surface area contributed by atoms with Crippen molar-refractivity contribution in [3.8, 4) is 22.7 Å². The maximum Gasteiger partial charge on any atom is 0.0405 e. The van der Waals surface area contributed by atoms with Gasteiger partial charge in [-0.2, -0.15) is 0 Å². The predicted molar refractivity (Wildman–Crippen MR) is 485 cm³/mol. The fraction of sp³-hybridized carbons (Fsp3) is 0.294. The molecule has 0 spiro atoms. The third-order valence-corrected chi connectivity index (χ3v) is 31.8. The Morgan fingerprint density at radius 3 is 0.716 bits per heavy atom. The fourth-order valence-electron chi connectivity index (χ4n) is 18.3. The van der Waals surface area contributed by atoms with Crippen molar-refractivity contribution < 1.29 is 141 Å². The third kappa shape index (κ3) is 18.8. The first-order chi connectivity index (χ1) is 66.1. The normalized spacial score (nSPS) is 12.1. The number of rotatable bonds is 26. The van der Waals surface area contributed by atoms with Crippen LogP contribution in [0.4, 0.5) is 132 Å². The van der Waals surface area contributed by atoms with Gasteiger partial charge in [-0.05, 0) is 12.1 Å². The van der Waals surface area contributed by atoms with Gasteiger partial charge in [-0.25, -0.2) is 0 Å². The average Bonchev–Trinajstić information content (AvgIpc) is 1.68. The number of aromatic nitrogens is 4. The zero-order chi connectivity index (χ0) is 105. The van der Waals surface area contributed by atoms with Gasteiger partial charge in [-0.1, -0.05) is 69.3 Å². The van der Waals surface area contributed by atoms with Crippen LogP contribution in [0.1, 0.15) is 242 Å². The number of nitrogens with zero attached hydrogens (tertiary/aromatic N) is 4. The van der Waals surface area contributed by atoms with Crippen LogP contribution in [-0.4, -0.2) is 47.7 Å². The molecule has 2 heterocycles. The van der Waals surface area contributed by atoms with Crippen LogP contribution in [0, 0.1) is 175 Å². The smallest absolute Gasteiger partial charge is 0.0405 e. The summed E-state index contributed by atoms with van der Waals surface area (Å²) < 4.78 is 528. The quantitative estimate of drug-likeness (QED) is 0.0128. The van der Waals surface area contributed by atoms with Crippen LogP contribution in [0.25, 0.3) is 22.7 Å². The Hall–Kier alpha value is -10.8. The van der Waals surface area contributed by atoms with Gasteiger partial charge >= 0.3 is 727 Å². The van der Waals surface area contributed by atoms with Crippen molar-refractivity contribution in [3.05, 3.63) is 340 Å². The molecule has 141 heavy (non-hydrogen) atoms. The summed E-state index contributed by atoms with van der Waals surface area (Å²) in [7, 11) is 0. The molecule has 0 unspecified atom stereocenters. The summed E-state index contributed by atoms with van der Waals surface area (Å²) in [5.41, 5.74) is -26.5. The summed E-state index contributed by atoms with van der Waals surface area (Å²) >= 11 is 0.442. The van der Waals surface area contributed by atoms with Crippen LogP contribution in [0.3, 0.4) is 0 Å².